The fourth-order valence-corrected chi connectivity index (χ4v) is 1.82. The molecular weight excluding hydrogens is 273 g/mol. The number of hydrogen-bond donors (Lipinski definition) is 2. The topological polar surface area (TPSA) is 80.4 Å². The minimum absolute atomic E-state index is 0.0493. The summed E-state index contributed by atoms with van der Waals surface area (Å²) in [5.41, 5.74) is 5.34. The predicted octanol–water partition coefficient (Wildman–Crippen LogP) is 2.20. The van der Waals surface area contributed by atoms with Crippen molar-refractivity contribution in [2.75, 3.05) is 5.73 Å². The normalized spacial score (nSPS) is 9.86. The Balaban J connectivity index is 3.55. The van der Waals surface area contributed by atoms with E-state index >= 15 is 0 Å². The van der Waals surface area contributed by atoms with Gasteiger partial charge in [0.25, 0.3) is 0 Å². The van der Waals surface area contributed by atoms with Crippen LogP contribution in [0.3, 0.4) is 0 Å². The van der Waals surface area contributed by atoms with Crippen molar-refractivity contribution in [1.29, 1.82) is 0 Å². The number of aromatic carboxylic acids is 1. The van der Waals surface area contributed by atoms with Crippen molar-refractivity contribution in [3.05, 3.63) is 26.7 Å². The molecule has 0 aliphatic rings. The van der Waals surface area contributed by atoms with Gasteiger partial charge in [-0.25, -0.2) is 4.79 Å². The van der Waals surface area contributed by atoms with Gasteiger partial charge in [-0.2, -0.15) is 0 Å². The van der Waals surface area contributed by atoms with Crippen molar-refractivity contribution >= 4 is 45.5 Å². The van der Waals surface area contributed by atoms with Gasteiger partial charge in [0.1, 0.15) is 0 Å². The summed E-state index contributed by atoms with van der Waals surface area (Å²) < 4.78 is 0.309. The van der Waals surface area contributed by atoms with Crippen LogP contribution in [0.25, 0.3) is 0 Å². The molecule has 6 heteroatoms. The summed E-state index contributed by atoms with van der Waals surface area (Å²) in [6, 6.07) is 1.24. The zero-order chi connectivity index (χ0) is 10.9. The summed E-state index contributed by atoms with van der Waals surface area (Å²) in [5, 5.41) is 8.68. The molecule has 0 atom stereocenters. The van der Waals surface area contributed by atoms with Gasteiger partial charge in [-0.1, -0.05) is 11.6 Å². The Bertz CT molecular complexity index is 420. The fraction of sp³-hybridized carbons (Fsp3) is 0. The van der Waals surface area contributed by atoms with Gasteiger partial charge in [-0.05, 0) is 22.0 Å². The molecule has 0 saturated heterocycles. The molecule has 3 N–H and O–H groups in total. The number of carboxylic acid groups (broad SMARTS) is 1. The highest BCUT2D eigenvalue weighted by Crippen LogP contribution is 2.32. The number of aldehydes is 1. The molecule has 0 radical (unpaired) electrons. The lowest BCUT2D eigenvalue weighted by Gasteiger charge is -2.07. The number of halogens is 2. The maximum absolute atomic E-state index is 10.7. The highest BCUT2D eigenvalue weighted by Gasteiger charge is 2.16. The van der Waals surface area contributed by atoms with Crippen molar-refractivity contribution in [3.63, 3.8) is 0 Å². The Labute approximate surface area is 92.8 Å². The molecule has 0 heterocycles. The molecule has 0 spiro atoms. The van der Waals surface area contributed by atoms with Crippen LogP contribution in [-0.4, -0.2) is 17.4 Å². The Kier molecular flexibility index (Phi) is 3.13. The van der Waals surface area contributed by atoms with E-state index in [4.69, 9.17) is 22.4 Å². The van der Waals surface area contributed by atoms with Crippen LogP contribution in [0.15, 0.2) is 10.5 Å². The lowest BCUT2D eigenvalue weighted by molar-refractivity contribution is 0.0697. The lowest BCUT2D eigenvalue weighted by Crippen LogP contribution is -2.05. The van der Waals surface area contributed by atoms with Gasteiger partial charge < -0.3 is 10.8 Å². The van der Waals surface area contributed by atoms with Crippen LogP contribution in [0.2, 0.25) is 5.02 Å². The Morgan fingerprint density at radius 1 is 1.64 bits per heavy atom. The summed E-state index contributed by atoms with van der Waals surface area (Å²) in [7, 11) is 0. The third kappa shape index (κ3) is 1.73. The standard InChI is InChI=1S/C8H5BrClNO3/c9-5-1-3(8(13)14)7(11)6(10)4(5)2-12/h1-2H,11H2,(H,13,14). The van der Waals surface area contributed by atoms with Crippen LogP contribution >= 0.6 is 27.5 Å². The van der Waals surface area contributed by atoms with Gasteiger partial charge in [-0.3, -0.25) is 4.79 Å². The van der Waals surface area contributed by atoms with E-state index in [1.165, 1.54) is 6.07 Å². The maximum atomic E-state index is 10.7. The average molecular weight is 278 g/mol. The second kappa shape index (κ2) is 3.98. The zero-order valence-electron chi connectivity index (χ0n) is 6.75. The van der Waals surface area contributed by atoms with Gasteiger partial charge in [0.05, 0.1) is 16.3 Å². The molecule has 0 bridgehead atoms. The van der Waals surface area contributed by atoms with E-state index in [1.807, 2.05) is 0 Å². The van der Waals surface area contributed by atoms with Crippen LogP contribution in [0.5, 0.6) is 0 Å². The Hall–Kier alpha value is -1.07. The van der Waals surface area contributed by atoms with Crippen LogP contribution < -0.4 is 5.73 Å². The van der Waals surface area contributed by atoms with Crippen LogP contribution in [-0.2, 0) is 0 Å². The van der Waals surface area contributed by atoms with E-state index in [1.54, 1.807) is 0 Å². The van der Waals surface area contributed by atoms with E-state index in [2.05, 4.69) is 15.9 Å². The highest BCUT2D eigenvalue weighted by molar-refractivity contribution is 9.10. The van der Waals surface area contributed by atoms with Gasteiger partial charge >= 0.3 is 5.97 Å². The molecule has 0 unspecified atom stereocenters. The SMILES string of the molecule is Nc1c(C(=O)O)cc(Br)c(C=O)c1Cl. The number of anilines is 1. The first-order valence-corrected chi connectivity index (χ1v) is 4.62. The number of nitrogens with two attached hydrogens (primary N) is 1. The first-order chi connectivity index (χ1) is 6.49. The summed E-state index contributed by atoms with van der Waals surface area (Å²) in [6.07, 6.45) is 0.508. The van der Waals surface area contributed by atoms with E-state index in [9.17, 15) is 9.59 Å². The summed E-state index contributed by atoms with van der Waals surface area (Å²) in [5.74, 6) is -1.19. The van der Waals surface area contributed by atoms with Crippen molar-refractivity contribution in [2.24, 2.45) is 0 Å². The number of benzene rings is 1. The molecule has 1 aromatic carbocycles. The first-order valence-electron chi connectivity index (χ1n) is 3.45. The largest absolute Gasteiger partial charge is 0.478 e. The molecule has 1 rings (SSSR count). The van der Waals surface area contributed by atoms with Gasteiger partial charge in [0.2, 0.25) is 0 Å². The molecule has 1 aromatic rings. The van der Waals surface area contributed by atoms with Gasteiger partial charge in [-0.15, -0.1) is 0 Å². The third-order valence-corrected chi connectivity index (χ3v) is 2.70. The minimum Gasteiger partial charge on any atom is -0.478 e. The second-order valence-electron chi connectivity index (χ2n) is 2.47. The predicted molar refractivity (Wildman–Crippen MR) is 55.9 cm³/mol. The molecule has 0 aliphatic heterocycles. The molecule has 0 amide bonds. The number of nitrogen functional groups attached to an aromatic ring is 1. The van der Waals surface area contributed by atoms with E-state index in [-0.39, 0.29) is 21.8 Å². The number of rotatable bonds is 2. The first kappa shape index (κ1) is 11.0. The summed E-state index contributed by atoms with van der Waals surface area (Å²) >= 11 is 8.72. The van der Waals surface area contributed by atoms with Crippen LogP contribution in [0, 0.1) is 0 Å². The zero-order valence-corrected chi connectivity index (χ0v) is 9.09. The number of hydrogen-bond acceptors (Lipinski definition) is 3. The van der Waals surface area contributed by atoms with Crippen molar-refractivity contribution in [3.8, 4) is 0 Å². The summed E-state index contributed by atoms with van der Waals surface area (Å²) in [4.78, 5) is 21.2. The van der Waals surface area contributed by atoms with Crippen molar-refractivity contribution in [1.82, 2.24) is 0 Å². The fourth-order valence-electron chi connectivity index (χ4n) is 0.935. The number of carboxylic acids is 1. The van der Waals surface area contributed by atoms with Gasteiger partial charge in [0, 0.05) is 10.0 Å². The minimum atomic E-state index is -1.19. The van der Waals surface area contributed by atoms with E-state index in [0.29, 0.717) is 10.8 Å². The van der Waals surface area contributed by atoms with Crippen LogP contribution in [0.4, 0.5) is 5.69 Å². The van der Waals surface area contributed by atoms with Crippen molar-refractivity contribution in [2.45, 2.75) is 0 Å². The van der Waals surface area contributed by atoms with Crippen molar-refractivity contribution < 1.29 is 14.7 Å². The second-order valence-corrected chi connectivity index (χ2v) is 3.70. The average Bonchev–Trinajstić information content (AvgIpc) is 2.12. The van der Waals surface area contributed by atoms with E-state index in [0.717, 1.165) is 0 Å². The number of carbonyl (C=O) groups is 2. The number of carbonyl (C=O) groups excluding carboxylic acids is 1. The summed E-state index contributed by atoms with van der Waals surface area (Å²) in [6.45, 7) is 0. The molecule has 0 aromatic heterocycles. The molecule has 74 valence electrons. The molecule has 0 aliphatic carbocycles. The third-order valence-electron chi connectivity index (χ3n) is 1.64. The maximum Gasteiger partial charge on any atom is 0.337 e. The van der Waals surface area contributed by atoms with E-state index < -0.39 is 5.97 Å². The Morgan fingerprint density at radius 2 is 2.21 bits per heavy atom. The highest BCUT2D eigenvalue weighted by atomic mass is 79.9. The molecule has 0 saturated carbocycles. The quantitative estimate of drug-likeness (QED) is 0.642. The molecule has 0 fully saturated rings. The van der Waals surface area contributed by atoms with Crippen LogP contribution in [0.1, 0.15) is 20.7 Å². The smallest absolute Gasteiger partial charge is 0.337 e. The van der Waals surface area contributed by atoms with Gasteiger partial charge in [0.15, 0.2) is 6.29 Å². The molecule has 14 heavy (non-hydrogen) atoms. The molecular formula is C8H5BrClNO3. The lowest BCUT2D eigenvalue weighted by atomic mass is 10.1. The Morgan fingerprint density at radius 3 is 2.64 bits per heavy atom. The monoisotopic (exact) mass is 277 g/mol. The molecule has 4 nitrogen and oxygen atoms in total.